The number of hydrogen-bond donors (Lipinski definition) is 2. The molecule has 0 unspecified atom stereocenters. The predicted molar refractivity (Wildman–Crippen MR) is 77.0 cm³/mol. The van der Waals surface area contributed by atoms with E-state index in [0.29, 0.717) is 5.82 Å². The summed E-state index contributed by atoms with van der Waals surface area (Å²) in [5, 5.41) is 6.32. The van der Waals surface area contributed by atoms with Crippen molar-refractivity contribution in [2.24, 2.45) is 5.41 Å². The monoisotopic (exact) mass is 261 g/mol. The number of aromatic nitrogens is 1. The summed E-state index contributed by atoms with van der Waals surface area (Å²) in [7, 11) is 0. The van der Waals surface area contributed by atoms with E-state index in [-0.39, 0.29) is 11.3 Å². The molecule has 0 aromatic carbocycles. The fourth-order valence-corrected chi connectivity index (χ4v) is 2.77. The predicted octanol–water partition coefficient (Wildman–Crippen LogP) is 2.50. The van der Waals surface area contributed by atoms with E-state index in [1.54, 1.807) is 6.20 Å². The Labute approximate surface area is 115 Å². The Balaban J connectivity index is 2.09. The zero-order valence-corrected chi connectivity index (χ0v) is 11.8. The molecule has 19 heavy (non-hydrogen) atoms. The van der Waals surface area contributed by atoms with E-state index in [4.69, 9.17) is 0 Å². The van der Waals surface area contributed by atoms with Crippen LogP contribution in [0.2, 0.25) is 0 Å². The molecule has 4 heteroatoms. The largest absolute Gasteiger partial charge is 0.317 e. The average molecular weight is 261 g/mol. The minimum absolute atomic E-state index is 0.132. The van der Waals surface area contributed by atoms with Crippen molar-refractivity contribution in [1.82, 2.24) is 10.3 Å². The summed E-state index contributed by atoms with van der Waals surface area (Å²) in [4.78, 5) is 16.8. The van der Waals surface area contributed by atoms with Gasteiger partial charge in [0.15, 0.2) is 0 Å². The number of nitrogens with one attached hydrogen (secondary N) is 2. The summed E-state index contributed by atoms with van der Waals surface area (Å²) in [5.74, 6) is 0.789. The zero-order chi connectivity index (χ0) is 13.7. The molecule has 1 aromatic heterocycles. The number of carbonyl (C=O) groups is 1. The van der Waals surface area contributed by atoms with Crippen molar-refractivity contribution in [3.63, 3.8) is 0 Å². The van der Waals surface area contributed by atoms with E-state index in [0.717, 1.165) is 44.3 Å². The first-order chi connectivity index (χ1) is 9.16. The molecule has 1 aromatic rings. The second kappa shape index (κ2) is 6.15. The van der Waals surface area contributed by atoms with E-state index in [2.05, 4.69) is 22.5 Å². The Hall–Kier alpha value is -1.42. The molecule has 0 bridgehead atoms. The first-order valence-electron chi connectivity index (χ1n) is 7.11. The number of amides is 1. The van der Waals surface area contributed by atoms with Gasteiger partial charge in [0.2, 0.25) is 5.91 Å². The highest BCUT2D eigenvalue weighted by atomic mass is 16.2. The van der Waals surface area contributed by atoms with Crippen molar-refractivity contribution in [2.45, 2.75) is 39.5 Å². The lowest BCUT2D eigenvalue weighted by Gasteiger charge is -2.36. The molecule has 1 fully saturated rings. The number of anilines is 1. The average Bonchev–Trinajstić information content (AvgIpc) is 2.43. The molecule has 2 N–H and O–H groups in total. The van der Waals surface area contributed by atoms with Gasteiger partial charge in [-0.25, -0.2) is 4.98 Å². The van der Waals surface area contributed by atoms with Crippen molar-refractivity contribution in [3.8, 4) is 0 Å². The number of rotatable bonds is 4. The Morgan fingerprint density at radius 2 is 2.16 bits per heavy atom. The van der Waals surface area contributed by atoms with E-state index in [1.807, 2.05) is 19.1 Å². The van der Waals surface area contributed by atoms with E-state index in [1.165, 1.54) is 0 Å². The Bertz CT molecular complexity index is 416. The zero-order valence-electron chi connectivity index (χ0n) is 11.8. The highest BCUT2D eigenvalue weighted by molar-refractivity contribution is 5.94. The fraction of sp³-hybridized carbons (Fsp3) is 0.600. The molecule has 0 spiro atoms. The molecule has 0 saturated carbocycles. The van der Waals surface area contributed by atoms with Gasteiger partial charge in [-0.05, 0) is 50.9 Å². The molecule has 1 aliphatic heterocycles. The van der Waals surface area contributed by atoms with Crippen LogP contribution in [-0.4, -0.2) is 24.0 Å². The van der Waals surface area contributed by atoms with Gasteiger partial charge in [-0.3, -0.25) is 4.79 Å². The van der Waals surface area contributed by atoms with Gasteiger partial charge < -0.3 is 10.6 Å². The molecular weight excluding hydrogens is 238 g/mol. The Morgan fingerprint density at radius 1 is 1.42 bits per heavy atom. The molecule has 2 heterocycles. The van der Waals surface area contributed by atoms with Gasteiger partial charge in [-0.15, -0.1) is 0 Å². The van der Waals surface area contributed by atoms with Gasteiger partial charge in [0.1, 0.15) is 5.82 Å². The van der Waals surface area contributed by atoms with Gasteiger partial charge in [-0.2, -0.15) is 0 Å². The maximum atomic E-state index is 12.6. The minimum atomic E-state index is -0.216. The highest BCUT2D eigenvalue weighted by Crippen LogP contribution is 2.35. The van der Waals surface area contributed by atoms with Crippen molar-refractivity contribution >= 4 is 11.7 Å². The van der Waals surface area contributed by atoms with E-state index >= 15 is 0 Å². The highest BCUT2D eigenvalue weighted by Gasteiger charge is 2.38. The van der Waals surface area contributed by atoms with Crippen molar-refractivity contribution < 1.29 is 4.79 Å². The molecule has 2 rings (SSSR count). The third-order valence-electron chi connectivity index (χ3n) is 3.92. The lowest BCUT2D eigenvalue weighted by molar-refractivity contribution is -0.127. The van der Waals surface area contributed by atoms with Gasteiger partial charge in [0, 0.05) is 6.20 Å². The standard InChI is InChI=1S/C15H23N3O/c1-3-6-15(7-9-16-10-8-15)14(19)18-13-5-4-12(2)11-17-13/h4-5,11,16H,3,6-10H2,1-2H3,(H,17,18,19). The molecule has 4 nitrogen and oxygen atoms in total. The normalized spacial score (nSPS) is 18.0. The Morgan fingerprint density at radius 3 is 2.74 bits per heavy atom. The first kappa shape index (κ1) is 14.0. The van der Waals surface area contributed by atoms with Crippen LogP contribution in [0.25, 0.3) is 0 Å². The fourth-order valence-electron chi connectivity index (χ4n) is 2.77. The quantitative estimate of drug-likeness (QED) is 0.875. The summed E-state index contributed by atoms with van der Waals surface area (Å²) in [6.07, 6.45) is 5.60. The maximum Gasteiger partial charge on any atom is 0.231 e. The van der Waals surface area contributed by atoms with Gasteiger partial charge >= 0.3 is 0 Å². The number of hydrogen-bond acceptors (Lipinski definition) is 3. The first-order valence-corrected chi connectivity index (χ1v) is 7.11. The van der Waals surface area contributed by atoms with Crippen LogP contribution < -0.4 is 10.6 Å². The molecule has 1 aliphatic rings. The summed E-state index contributed by atoms with van der Waals surface area (Å²) in [5.41, 5.74) is 0.884. The second-order valence-corrected chi connectivity index (χ2v) is 5.46. The third kappa shape index (κ3) is 3.32. The van der Waals surface area contributed by atoms with Crippen LogP contribution in [0.5, 0.6) is 0 Å². The van der Waals surface area contributed by atoms with Crippen LogP contribution in [0.1, 0.15) is 38.2 Å². The summed E-state index contributed by atoms with van der Waals surface area (Å²) in [6, 6.07) is 3.84. The molecular formula is C15H23N3O. The van der Waals surface area contributed by atoms with Gasteiger partial charge in [0.05, 0.1) is 5.41 Å². The summed E-state index contributed by atoms with van der Waals surface area (Å²) >= 11 is 0. The molecule has 1 amide bonds. The third-order valence-corrected chi connectivity index (χ3v) is 3.92. The minimum Gasteiger partial charge on any atom is -0.317 e. The van der Waals surface area contributed by atoms with E-state index in [9.17, 15) is 4.79 Å². The second-order valence-electron chi connectivity index (χ2n) is 5.46. The molecule has 104 valence electrons. The lowest BCUT2D eigenvalue weighted by Crippen LogP contribution is -2.45. The SMILES string of the molecule is CCCC1(C(=O)Nc2ccc(C)cn2)CCNCC1. The van der Waals surface area contributed by atoms with Crippen LogP contribution >= 0.6 is 0 Å². The summed E-state index contributed by atoms with van der Waals surface area (Å²) in [6.45, 7) is 5.98. The number of carbonyl (C=O) groups excluding carboxylic acids is 1. The summed E-state index contributed by atoms with van der Waals surface area (Å²) < 4.78 is 0. The van der Waals surface area contributed by atoms with Gasteiger partial charge in [-0.1, -0.05) is 19.4 Å². The van der Waals surface area contributed by atoms with Crippen LogP contribution in [0.15, 0.2) is 18.3 Å². The topological polar surface area (TPSA) is 54.0 Å². The van der Waals surface area contributed by atoms with Crippen LogP contribution in [0, 0.1) is 12.3 Å². The number of pyridine rings is 1. The van der Waals surface area contributed by atoms with E-state index < -0.39 is 0 Å². The van der Waals surface area contributed by atoms with Crippen LogP contribution in [0.4, 0.5) is 5.82 Å². The van der Waals surface area contributed by atoms with Crippen molar-refractivity contribution in [2.75, 3.05) is 18.4 Å². The molecule has 0 aliphatic carbocycles. The number of aryl methyl sites for hydroxylation is 1. The Kier molecular flexibility index (Phi) is 4.53. The van der Waals surface area contributed by atoms with Crippen LogP contribution in [-0.2, 0) is 4.79 Å². The molecule has 0 radical (unpaired) electrons. The van der Waals surface area contributed by atoms with Crippen molar-refractivity contribution in [1.29, 1.82) is 0 Å². The maximum absolute atomic E-state index is 12.6. The number of piperidine rings is 1. The van der Waals surface area contributed by atoms with Gasteiger partial charge in [0.25, 0.3) is 0 Å². The molecule has 1 saturated heterocycles. The smallest absolute Gasteiger partial charge is 0.231 e. The lowest BCUT2D eigenvalue weighted by atomic mass is 9.74. The van der Waals surface area contributed by atoms with Crippen molar-refractivity contribution in [3.05, 3.63) is 23.9 Å². The molecule has 0 atom stereocenters. The van der Waals surface area contributed by atoms with Crippen LogP contribution in [0.3, 0.4) is 0 Å². The number of nitrogens with zero attached hydrogens (tertiary/aromatic N) is 1.